The molecule has 120 valence electrons. The van der Waals surface area contributed by atoms with Gasteiger partial charge in [-0.1, -0.05) is 0 Å². The molecule has 3 rings (SSSR count). The summed E-state index contributed by atoms with van der Waals surface area (Å²) in [6.45, 7) is 0.897. The molecular formula is C15H21ClN4OS. The van der Waals surface area contributed by atoms with E-state index < -0.39 is 0 Å². The second-order valence-electron chi connectivity index (χ2n) is 5.42. The molecule has 2 atom stereocenters. The van der Waals surface area contributed by atoms with Gasteiger partial charge in [-0.2, -0.15) is 0 Å². The smallest absolute Gasteiger partial charge is 0.259 e. The van der Waals surface area contributed by atoms with Crippen LogP contribution in [0.4, 0.5) is 5.69 Å². The van der Waals surface area contributed by atoms with Gasteiger partial charge in [-0.05, 0) is 31.4 Å². The summed E-state index contributed by atoms with van der Waals surface area (Å²) in [6, 6.07) is 4.12. The minimum atomic E-state index is 0. The number of hydrogen-bond donors (Lipinski definition) is 2. The number of nitrogens with one attached hydrogen (secondary N) is 1. The Balaban J connectivity index is 0.00000176. The lowest BCUT2D eigenvalue weighted by molar-refractivity contribution is -0.117. The van der Waals surface area contributed by atoms with E-state index in [1.165, 1.54) is 0 Å². The van der Waals surface area contributed by atoms with E-state index in [1.807, 2.05) is 18.3 Å². The van der Waals surface area contributed by atoms with Crippen LogP contribution in [0.3, 0.4) is 0 Å². The number of anilines is 1. The summed E-state index contributed by atoms with van der Waals surface area (Å²) in [5.41, 5.74) is 7.08. The maximum Gasteiger partial charge on any atom is 0.259 e. The lowest BCUT2D eigenvalue weighted by Crippen LogP contribution is -2.44. The zero-order chi connectivity index (χ0) is 14.7. The highest BCUT2D eigenvalue weighted by Gasteiger charge is 2.27. The predicted molar refractivity (Wildman–Crippen MR) is 93.1 cm³/mol. The van der Waals surface area contributed by atoms with Crippen molar-refractivity contribution < 1.29 is 4.79 Å². The molecular weight excluding hydrogens is 320 g/mol. The number of nitrogens with zero attached hydrogens (tertiary/aromatic N) is 2. The molecule has 2 heterocycles. The number of carbonyl (C=O) groups excluding carboxylic acids is 1. The Labute approximate surface area is 141 Å². The number of hydrogen-bond acceptors (Lipinski definition) is 5. The molecule has 0 saturated heterocycles. The van der Waals surface area contributed by atoms with Gasteiger partial charge in [0.1, 0.15) is 0 Å². The number of halogens is 1. The molecule has 22 heavy (non-hydrogen) atoms. The fraction of sp³-hybridized carbons (Fsp3) is 0.467. The van der Waals surface area contributed by atoms with E-state index in [-0.39, 0.29) is 30.4 Å². The fourth-order valence-electron chi connectivity index (χ4n) is 2.77. The van der Waals surface area contributed by atoms with Crippen LogP contribution >= 0.6 is 24.2 Å². The Morgan fingerprint density at radius 2 is 2.14 bits per heavy atom. The minimum Gasteiger partial charge on any atom is -0.347 e. The molecule has 3 N–H and O–H groups in total. The van der Waals surface area contributed by atoms with E-state index in [4.69, 9.17) is 5.73 Å². The largest absolute Gasteiger partial charge is 0.347 e. The van der Waals surface area contributed by atoms with Crippen molar-refractivity contribution in [1.82, 2.24) is 10.3 Å². The standard InChI is InChI=1S/C15H20N4OS.ClH/c16-12-2-1-3-13(12)18-15(20)14-10-19(8-9-21-14)11-4-6-17-7-5-11;/h4-7,10,12-13H,1-3,8-9,16H2,(H,18,20);1H/t12-,13-;/m1./s1. The van der Waals surface area contributed by atoms with Gasteiger partial charge >= 0.3 is 0 Å². The highest BCUT2D eigenvalue weighted by molar-refractivity contribution is 8.04. The second kappa shape index (κ2) is 7.85. The monoisotopic (exact) mass is 340 g/mol. The van der Waals surface area contributed by atoms with Crippen molar-refractivity contribution in [3.63, 3.8) is 0 Å². The molecule has 0 unspecified atom stereocenters. The Morgan fingerprint density at radius 1 is 1.36 bits per heavy atom. The summed E-state index contributed by atoms with van der Waals surface area (Å²) in [6.07, 6.45) is 8.55. The van der Waals surface area contributed by atoms with E-state index >= 15 is 0 Å². The summed E-state index contributed by atoms with van der Waals surface area (Å²) in [7, 11) is 0. The molecule has 0 radical (unpaired) electrons. The Hall–Kier alpha value is -1.24. The average Bonchev–Trinajstić information content (AvgIpc) is 2.93. The molecule has 0 aromatic carbocycles. The molecule has 1 saturated carbocycles. The van der Waals surface area contributed by atoms with Crippen LogP contribution in [-0.2, 0) is 4.79 Å². The SMILES string of the molecule is Cl.N[C@@H]1CCC[C@H]1NC(=O)C1=CN(c2ccncc2)CCS1. The quantitative estimate of drug-likeness (QED) is 0.879. The maximum atomic E-state index is 12.4. The number of aromatic nitrogens is 1. The van der Waals surface area contributed by atoms with Crippen LogP contribution in [0, 0.1) is 0 Å². The second-order valence-corrected chi connectivity index (χ2v) is 6.55. The first-order valence-electron chi connectivity index (χ1n) is 7.32. The molecule has 0 bridgehead atoms. The molecule has 5 nitrogen and oxygen atoms in total. The number of thioether (sulfide) groups is 1. The van der Waals surface area contributed by atoms with Crippen molar-refractivity contribution in [3.8, 4) is 0 Å². The lowest BCUT2D eigenvalue weighted by atomic mass is 10.2. The normalized spacial score (nSPS) is 24.4. The van der Waals surface area contributed by atoms with Crippen molar-refractivity contribution in [2.45, 2.75) is 31.3 Å². The Kier molecular flexibility index (Phi) is 6.11. The van der Waals surface area contributed by atoms with Crippen LogP contribution in [0.15, 0.2) is 35.6 Å². The third kappa shape index (κ3) is 3.94. The average molecular weight is 341 g/mol. The number of pyridine rings is 1. The van der Waals surface area contributed by atoms with Crippen LogP contribution in [0.1, 0.15) is 19.3 Å². The van der Waals surface area contributed by atoms with Crippen LogP contribution in [0.25, 0.3) is 0 Å². The molecule has 7 heteroatoms. The summed E-state index contributed by atoms with van der Waals surface area (Å²) < 4.78 is 0. The van der Waals surface area contributed by atoms with Crippen LogP contribution in [0.2, 0.25) is 0 Å². The van der Waals surface area contributed by atoms with E-state index in [0.29, 0.717) is 0 Å². The molecule has 1 aliphatic heterocycles. The third-order valence-corrected chi connectivity index (χ3v) is 4.96. The molecule has 1 aliphatic carbocycles. The number of amides is 1. The topological polar surface area (TPSA) is 71.2 Å². The zero-order valence-electron chi connectivity index (χ0n) is 12.3. The molecule has 0 spiro atoms. The number of rotatable bonds is 3. The van der Waals surface area contributed by atoms with Gasteiger partial charge in [0.25, 0.3) is 5.91 Å². The van der Waals surface area contributed by atoms with Crippen molar-refractivity contribution in [1.29, 1.82) is 0 Å². The van der Waals surface area contributed by atoms with E-state index in [1.54, 1.807) is 24.2 Å². The van der Waals surface area contributed by atoms with Crippen LogP contribution in [-0.4, -0.2) is 35.3 Å². The van der Waals surface area contributed by atoms with Gasteiger partial charge in [-0.3, -0.25) is 9.78 Å². The van der Waals surface area contributed by atoms with Crippen molar-refractivity contribution >= 4 is 35.8 Å². The fourth-order valence-corrected chi connectivity index (χ4v) is 3.67. The predicted octanol–water partition coefficient (Wildman–Crippen LogP) is 1.89. The van der Waals surface area contributed by atoms with Gasteiger partial charge in [0.2, 0.25) is 0 Å². The van der Waals surface area contributed by atoms with Crippen molar-refractivity contribution in [2.24, 2.45) is 5.73 Å². The van der Waals surface area contributed by atoms with Gasteiger partial charge in [0, 0.05) is 48.7 Å². The highest BCUT2D eigenvalue weighted by Crippen LogP contribution is 2.26. The first kappa shape index (κ1) is 17.1. The first-order valence-corrected chi connectivity index (χ1v) is 8.30. The Bertz CT molecular complexity index is 540. The third-order valence-electron chi connectivity index (χ3n) is 3.97. The zero-order valence-corrected chi connectivity index (χ0v) is 13.9. The summed E-state index contributed by atoms with van der Waals surface area (Å²) in [5, 5.41) is 3.08. The van der Waals surface area contributed by atoms with Gasteiger partial charge in [-0.15, -0.1) is 24.2 Å². The van der Waals surface area contributed by atoms with Crippen LogP contribution in [0.5, 0.6) is 0 Å². The minimum absolute atomic E-state index is 0. The van der Waals surface area contributed by atoms with Crippen LogP contribution < -0.4 is 16.0 Å². The van der Waals surface area contributed by atoms with Gasteiger partial charge < -0.3 is 16.0 Å². The molecule has 1 aromatic rings. The van der Waals surface area contributed by atoms with Gasteiger partial charge in [0.15, 0.2) is 0 Å². The summed E-state index contributed by atoms with van der Waals surface area (Å²) in [4.78, 5) is 19.3. The lowest BCUT2D eigenvalue weighted by Gasteiger charge is -2.27. The van der Waals surface area contributed by atoms with Crippen molar-refractivity contribution in [3.05, 3.63) is 35.6 Å². The van der Waals surface area contributed by atoms with Gasteiger partial charge in [0.05, 0.1) is 4.91 Å². The molecule has 2 aliphatic rings. The van der Waals surface area contributed by atoms with Gasteiger partial charge in [-0.25, -0.2) is 0 Å². The number of nitrogens with two attached hydrogens (primary N) is 1. The van der Waals surface area contributed by atoms with E-state index in [2.05, 4.69) is 15.2 Å². The summed E-state index contributed by atoms with van der Waals surface area (Å²) in [5.74, 6) is 0.902. The summed E-state index contributed by atoms with van der Waals surface area (Å²) >= 11 is 1.61. The molecule has 1 aromatic heterocycles. The van der Waals surface area contributed by atoms with E-state index in [9.17, 15) is 4.79 Å². The molecule has 1 fully saturated rings. The van der Waals surface area contributed by atoms with E-state index in [0.717, 1.165) is 42.2 Å². The highest BCUT2D eigenvalue weighted by atomic mass is 35.5. The number of carbonyl (C=O) groups is 1. The van der Waals surface area contributed by atoms with Crippen molar-refractivity contribution in [2.75, 3.05) is 17.2 Å². The maximum absolute atomic E-state index is 12.4. The Morgan fingerprint density at radius 3 is 2.82 bits per heavy atom. The first-order chi connectivity index (χ1) is 10.2. The molecule has 1 amide bonds.